The summed E-state index contributed by atoms with van der Waals surface area (Å²) >= 11 is 0. The molecule has 0 radical (unpaired) electrons. The van der Waals surface area contributed by atoms with Crippen molar-refractivity contribution in [3.63, 3.8) is 0 Å². The van der Waals surface area contributed by atoms with Gasteiger partial charge in [-0.05, 0) is 31.7 Å². The number of carbonyl (C=O) groups is 1. The molecule has 0 spiro atoms. The van der Waals surface area contributed by atoms with Crippen LogP contribution in [-0.4, -0.2) is 48.2 Å². The lowest BCUT2D eigenvalue weighted by Crippen LogP contribution is -2.41. The van der Waals surface area contributed by atoms with Gasteiger partial charge in [-0.3, -0.25) is 9.36 Å². The van der Waals surface area contributed by atoms with Crippen LogP contribution < -0.4 is 5.69 Å². The number of aromatic nitrogens is 5. The van der Waals surface area contributed by atoms with Crippen LogP contribution in [0.5, 0.6) is 0 Å². The summed E-state index contributed by atoms with van der Waals surface area (Å²) in [6, 6.07) is 0.714. The summed E-state index contributed by atoms with van der Waals surface area (Å²) in [5.74, 6) is -0.857. The molecule has 0 aromatic carbocycles. The van der Waals surface area contributed by atoms with Gasteiger partial charge in [0, 0.05) is 25.7 Å². The van der Waals surface area contributed by atoms with Crippen LogP contribution in [0, 0.1) is 0 Å². The van der Waals surface area contributed by atoms with Gasteiger partial charge in [0.1, 0.15) is 11.9 Å². The van der Waals surface area contributed by atoms with Gasteiger partial charge < -0.3 is 4.90 Å². The van der Waals surface area contributed by atoms with E-state index in [9.17, 15) is 22.8 Å². The van der Waals surface area contributed by atoms with E-state index in [4.69, 9.17) is 0 Å². The Morgan fingerprint density at radius 2 is 1.96 bits per heavy atom. The third-order valence-electron chi connectivity index (χ3n) is 5.11. The van der Waals surface area contributed by atoms with Gasteiger partial charge in [0.2, 0.25) is 11.7 Å². The van der Waals surface area contributed by atoms with Crippen molar-refractivity contribution in [2.24, 2.45) is 0 Å². The quantitative estimate of drug-likeness (QED) is 0.783. The maximum absolute atomic E-state index is 12.9. The number of alkyl halides is 3. The number of likely N-dealkylation sites (tertiary alicyclic amines) is 1. The smallest absolute Gasteiger partial charge is 0.341 e. The zero-order chi connectivity index (χ0) is 19.9. The molecule has 2 aliphatic heterocycles. The Kier molecular flexibility index (Phi) is 4.68. The predicted octanol–water partition coefficient (Wildman–Crippen LogP) is 1.40. The van der Waals surface area contributed by atoms with E-state index in [1.807, 2.05) is 0 Å². The fraction of sp³-hybridized carbons (Fsp3) is 0.588. The molecule has 0 aliphatic carbocycles. The summed E-state index contributed by atoms with van der Waals surface area (Å²) in [4.78, 5) is 34.1. The minimum absolute atomic E-state index is 0.0299. The first-order chi connectivity index (χ1) is 13.3. The second kappa shape index (κ2) is 7.02. The Morgan fingerprint density at radius 1 is 1.21 bits per heavy atom. The minimum Gasteiger partial charge on any atom is -0.341 e. The average Bonchev–Trinajstić information content (AvgIpc) is 3.30. The first kappa shape index (κ1) is 18.6. The average molecular weight is 396 g/mol. The summed E-state index contributed by atoms with van der Waals surface area (Å²) in [7, 11) is 0. The zero-order valence-electron chi connectivity index (χ0n) is 15.0. The number of rotatable bonds is 3. The Hall–Kier alpha value is -2.72. The molecule has 1 amide bonds. The molecule has 4 rings (SSSR count). The maximum atomic E-state index is 12.9. The van der Waals surface area contributed by atoms with Gasteiger partial charge >= 0.3 is 11.9 Å². The number of aryl methyl sites for hydroxylation is 1. The van der Waals surface area contributed by atoms with Crippen LogP contribution in [0.15, 0.2) is 17.1 Å². The Morgan fingerprint density at radius 3 is 2.68 bits per heavy atom. The number of halogens is 3. The highest BCUT2D eigenvalue weighted by Crippen LogP contribution is 2.27. The molecule has 8 nitrogen and oxygen atoms in total. The maximum Gasteiger partial charge on any atom is 0.451 e. The van der Waals surface area contributed by atoms with Gasteiger partial charge in [-0.2, -0.15) is 18.3 Å². The van der Waals surface area contributed by atoms with E-state index in [1.165, 1.54) is 10.6 Å². The van der Waals surface area contributed by atoms with Crippen molar-refractivity contribution in [2.75, 3.05) is 13.1 Å². The lowest BCUT2D eigenvalue weighted by molar-refractivity contribution is -0.145. The van der Waals surface area contributed by atoms with Crippen LogP contribution in [0.1, 0.15) is 49.1 Å². The van der Waals surface area contributed by atoms with Gasteiger partial charge in [0.15, 0.2) is 0 Å². The first-order valence-corrected chi connectivity index (χ1v) is 9.21. The molecule has 0 bridgehead atoms. The summed E-state index contributed by atoms with van der Waals surface area (Å²) in [5.41, 5.74) is -0.471. The van der Waals surface area contributed by atoms with Crippen LogP contribution in [-0.2, 0) is 23.9 Å². The van der Waals surface area contributed by atoms with Gasteiger partial charge in [0.05, 0.1) is 12.2 Å². The van der Waals surface area contributed by atoms with Crippen molar-refractivity contribution in [1.29, 1.82) is 0 Å². The van der Waals surface area contributed by atoms with Crippen molar-refractivity contribution in [3.05, 3.63) is 40.1 Å². The second-order valence-electron chi connectivity index (χ2n) is 7.04. The Bertz CT molecular complexity index is 945. The van der Waals surface area contributed by atoms with Crippen LogP contribution in [0.3, 0.4) is 0 Å². The van der Waals surface area contributed by atoms with Crippen molar-refractivity contribution in [3.8, 4) is 0 Å². The summed E-state index contributed by atoms with van der Waals surface area (Å²) in [6.07, 6.45) is 0.0761. The highest BCUT2D eigenvalue weighted by molar-refractivity contribution is 5.80. The molecule has 0 saturated carbocycles. The van der Waals surface area contributed by atoms with Gasteiger partial charge in [-0.15, -0.1) is 0 Å². The van der Waals surface area contributed by atoms with E-state index in [1.54, 1.807) is 4.90 Å². The standard InChI is InChI=1S/C17H19F3N6O2/c18-17(19,20)15-21-7-6-11(22-15)10-25-16(28)26-12(4-3-5-13(26)23-25)14(27)24-8-1-2-9-24/h6-7,12H,1-5,8-10H2/t12-/m1/s1. The largest absolute Gasteiger partial charge is 0.451 e. The monoisotopic (exact) mass is 396 g/mol. The SMILES string of the molecule is O=C([C@H]1CCCc2nn(Cc3ccnc(C(F)(F)F)n3)c(=O)n21)N1CCCC1. The number of fused-ring (bicyclic) bond motifs is 1. The summed E-state index contributed by atoms with van der Waals surface area (Å²) < 4.78 is 40.9. The van der Waals surface area contributed by atoms with E-state index in [0.29, 0.717) is 31.8 Å². The molecule has 1 saturated heterocycles. The predicted molar refractivity (Wildman–Crippen MR) is 90.4 cm³/mol. The fourth-order valence-corrected chi connectivity index (χ4v) is 3.79. The van der Waals surface area contributed by atoms with E-state index in [2.05, 4.69) is 15.1 Å². The molecule has 1 atom stereocenters. The molecule has 2 aromatic rings. The second-order valence-corrected chi connectivity index (χ2v) is 7.04. The lowest BCUT2D eigenvalue weighted by Gasteiger charge is -2.27. The zero-order valence-corrected chi connectivity index (χ0v) is 15.0. The number of nitrogens with zero attached hydrogens (tertiary/aromatic N) is 6. The normalized spacial score (nSPS) is 19.7. The first-order valence-electron chi connectivity index (χ1n) is 9.21. The van der Waals surface area contributed by atoms with Crippen LogP contribution in [0.2, 0.25) is 0 Å². The molecule has 150 valence electrons. The Labute approximate surface area is 158 Å². The van der Waals surface area contributed by atoms with Crippen LogP contribution in [0.25, 0.3) is 0 Å². The van der Waals surface area contributed by atoms with Crippen molar-refractivity contribution in [2.45, 2.75) is 50.9 Å². The minimum atomic E-state index is -4.67. The van der Waals surface area contributed by atoms with E-state index < -0.39 is 23.7 Å². The van der Waals surface area contributed by atoms with Gasteiger partial charge in [0.25, 0.3) is 0 Å². The summed E-state index contributed by atoms with van der Waals surface area (Å²) in [5, 5.41) is 4.25. The highest BCUT2D eigenvalue weighted by atomic mass is 19.4. The molecular formula is C17H19F3N6O2. The van der Waals surface area contributed by atoms with Gasteiger partial charge in [-0.25, -0.2) is 19.4 Å². The summed E-state index contributed by atoms with van der Waals surface area (Å²) in [6.45, 7) is 1.17. The van der Waals surface area contributed by atoms with Crippen molar-refractivity contribution < 1.29 is 18.0 Å². The molecule has 4 heterocycles. The van der Waals surface area contributed by atoms with E-state index in [-0.39, 0.29) is 18.1 Å². The van der Waals surface area contributed by atoms with Crippen LogP contribution in [0.4, 0.5) is 13.2 Å². The van der Waals surface area contributed by atoms with E-state index >= 15 is 0 Å². The number of hydrogen-bond donors (Lipinski definition) is 0. The molecule has 0 unspecified atom stereocenters. The Balaban J connectivity index is 1.63. The molecular weight excluding hydrogens is 377 g/mol. The lowest BCUT2D eigenvalue weighted by atomic mass is 10.0. The topological polar surface area (TPSA) is 85.9 Å². The third-order valence-corrected chi connectivity index (χ3v) is 5.11. The number of hydrogen-bond acceptors (Lipinski definition) is 5. The molecule has 2 aromatic heterocycles. The van der Waals surface area contributed by atoms with Gasteiger partial charge in [-0.1, -0.05) is 0 Å². The molecule has 0 N–H and O–H groups in total. The highest BCUT2D eigenvalue weighted by Gasteiger charge is 2.36. The molecule has 2 aliphatic rings. The molecule has 11 heteroatoms. The van der Waals surface area contributed by atoms with Crippen LogP contribution >= 0.6 is 0 Å². The fourth-order valence-electron chi connectivity index (χ4n) is 3.79. The number of carbonyl (C=O) groups excluding carboxylic acids is 1. The third kappa shape index (κ3) is 3.40. The van der Waals surface area contributed by atoms with E-state index in [0.717, 1.165) is 30.1 Å². The number of amides is 1. The van der Waals surface area contributed by atoms with Crippen molar-refractivity contribution in [1.82, 2.24) is 29.2 Å². The molecule has 1 fully saturated rings. The molecule has 28 heavy (non-hydrogen) atoms. The van der Waals surface area contributed by atoms with Crippen molar-refractivity contribution >= 4 is 5.91 Å².